The van der Waals surface area contributed by atoms with Gasteiger partial charge in [-0.15, -0.1) is 10.2 Å². The number of nitrogens with zero attached hydrogens (tertiary/aromatic N) is 3. The number of hydrogen-bond acceptors (Lipinski definition) is 6. The average Bonchev–Trinajstić information content (AvgIpc) is 3.05. The van der Waals surface area contributed by atoms with Crippen LogP contribution in [0.3, 0.4) is 0 Å². The van der Waals surface area contributed by atoms with Gasteiger partial charge in [-0.05, 0) is 38.0 Å². The molecule has 1 aromatic heterocycles. The fraction of sp³-hybridized carbons (Fsp3) is 0.812. The first-order valence-corrected chi connectivity index (χ1v) is 10.6. The Morgan fingerprint density at radius 2 is 2.13 bits per heavy atom. The lowest BCUT2D eigenvalue weighted by Gasteiger charge is -2.44. The molecule has 1 amide bonds. The zero-order chi connectivity index (χ0) is 16.1. The van der Waals surface area contributed by atoms with Crippen molar-refractivity contribution in [2.75, 3.05) is 24.2 Å². The first-order valence-electron chi connectivity index (χ1n) is 8.77. The van der Waals surface area contributed by atoms with Crippen molar-refractivity contribution in [3.63, 3.8) is 0 Å². The van der Waals surface area contributed by atoms with Gasteiger partial charge in [-0.1, -0.05) is 42.9 Å². The Balaban J connectivity index is 1.51. The van der Waals surface area contributed by atoms with Gasteiger partial charge in [-0.25, -0.2) is 0 Å². The summed E-state index contributed by atoms with van der Waals surface area (Å²) in [5.41, 5.74) is 0. The maximum atomic E-state index is 12.7. The van der Waals surface area contributed by atoms with Gasteiger partial charge in [0.15, 0.2) is 4.34 Å². The van der Waals surface area contributed by atoms with E-state index in [2.05, 4.69) is 27.3 Å². The topological polar surface area (TPSA) is 58.1 Å². The summed E-state index contributed by atoms with van der Waals surface area (Å²) in [6, 6.07) is 0.502. The van der Waals surface area contributed by atoms with Gasteiger partial charge in [-0.2, -0.15) is 0 Å². The molecule has 2 unspecified atom stereocenters. The van der Waals surface area contributed by atoms with Crippen LogP contribution < -0.4 is 5.32 Å². The molecule has 1 saturated carbocycles. The second kappa shape index (κ2) is 8.33. The molecule has 2 aliphatic rings. The number of anilines is 1. The lowest BCUT2D eigenvalue weighted by atomic mass is 9.78. The van der Waals surface area contributed by atoms with Crippen molar-refractivity contribution < 1.29 is 4.79 Å². The van der Waals surface area contributed by atoms with E-state index in [1.165, 1.54) is 50.3 Å². The number of piperidine rings is 1. The molecule has 0 aromatic carbocycles. The molecular weight excluding hydrogens is 328 g/mol. The van der Waals surface area contributed by atoms with Crippen molar-refractivity contribution in [2.45, 2.75) is 62.3 Å². The maximum absolute atomic E-state index is 12.7. The summed E-state index contributed by atoms with van der Waals surface area (Å²) in [5, 5.41) is 12.4. The lowest BCUT2D eigenvalue weighted by Crippen LogP contribution is -2.50. The van der Waals surface area contributed by atoms with Gasteiger partial charge in [0.05, 0.1) is 5.75 Å². The predicted molar refractivity (Wildman–Crippen MR) is 96.1 cm³/mol. The van der Waals surface area contributed by atoms with E-state index in [4.69, 9.17) is 0 Å². The molecule has 7 heteroatoms. The molecule has 1 aliphatic heterocycles. The van der Waals surface area contributed by atoms with Gasteiger partial charge in [0, 0.05) is 19.1 Å². The molecule has 0 bridgehead atoms. The highest BCUT2D eigenvalue weighted by Gasteiger charge is 2.35. The fourth-order valence-corrected chi connectivity index (χ4v) is 5.38. The number of rotatable bonds is 6. The van der Waals surface area contributed by atoms with E-state index in [0.29, 0.717) is 11.8 Å². The van der Waals surface area contributed by atoms with Crippen LogP contribution in [0.4, 0.5) is 5.13 Å². The summed E-state index contributed by atoms with van der Waals surface area (Å²) in [6.07, 6.45) is 8.68. The molecule has 3 rings (SSSR count). The molecule has 1 aromatic rings. The lowest BCUT2D eigenvalue weighted by molar-refractivity contribution is -0.134. The van der Waals surface area contributed by atoms with Crippen molar-refractivity contribution in [1.29, 1.82) is 0 Å². The van der Waals surface area contributed by atoms with E-state index in [1.54, 1.807) is 11.3 Å². The molecule has 1 aliphatic carbocycles. The Kier molecular flexibility index (Phi) is 6.16. The largest absolute Gasteiger partial charge is 0.360 e. The third-order valence-electron chi connectivity index (χ3n) is 4.82. The van der Waals surface area contributed by atoms with Crippen LogP contribution in [0.25, 0.3) is 0 Å². The Labute approximate surface area is 146 Å². The Morgan fingerprint density at radius 1 is 1.30 bits per heavy atom. The van der Waals surface area contributed by atoms with Gasteiger partial charge in [0.25, 0.3) is 0 Å². The van der Waals surface area contributed by atoms with Crippen molar-refractivity contribution >= 4 is 34.1 Å². The zero-order valence-corrected chi connectivity index (χ0v) is 15.4. The van der Waals surface area contributed by atoms with Gasteiger partial charge in [0.1, 0.15) is 0 Å². The van der Waals surface area contributed by atoms with Crippen LogP contribution in [-0.4, -0.2) is 45.9 Å². The van der Waals surface area contributed by atoms with Crippen molar-refractivity contribution in [2.24, 2.45) is 5.92 Å². The smallest absolute Gasteiger partial charge is 0.233 e. The third kappa shape index (κ3) is 4.38. The number of aromatic nitrogens is 2. The number of likely N-dealkylation sites (tertiary alicyclic amines) is 1. The van der Waals surface area contributed by atoms with Crippen LogP contribution in [0.15, 0.2) is 4.34 Å². The second-order valence-electron chi connectivity index (χ2n) is 6.43. The van der Waals surface area contributed by atoms with Crippen LogP contribution in [0.1, 0.15) is 51.9 Å². The summed E-state index contributed by atoms with van der Waals surface area (Å²) >= 11 is 3.07. The van der Waals surface area contributed by atoms with Crippen LogP contribution in [0.2, 0.25) is 0 Å². The first kappa shape index (κ1) is 17.0. The summed E-state index contributed by atoms with van der Waals surface area (Å²) in [7, 11) is 0. The van der Waals surface area contributed by atoms with Gasteiger partial charge in [-0.3, -0.25) is 4.79 Å². The number of nitrogens with one attached hydrogen (secondary N) is 1. The monoisotopic (exact) mass is 354 g/mol. The van der Waals surface area contributed by atoms with Crippen molar-refractivity contribution in [3.8, 4) is 0 Å². The standard InChI is InChI=1S/C16H26N4OS2/c1-2-9-17-15-18-19-16(23-15)22-11-14(21)20-10-5-7-12-6-3-4-8-13(12)20/h12-13H,2-11H2,1H3,(H,17,18). The number of thioether (sulfide) groups is 1. The Morgan fingerprint density at radius 3 is 3.00 bits per heavy atom. The SMILES string of the molecule is CCCNc1nnc(SCC(=O)N2CCCC3CCCCC32)s1. The summed E-state index contributed by atoms with van der Waals surface area (Å²) < 4.78 is 0.883. The normalized spacial score (nSPS) is 24.3. The number of carbonyl (C=O) groups is 1. The van der Waals surface area contributed by atoms with E-state index in [9.17, 15) is 4.79 Å². The van der Waals surface area contributed by atoms with Crippen LogP contribution in [0.5, 0.6) is 0 Å². The minimum atomic E-state index is 0.282. The Hall–Kier alpha value is -0.820. The summed E-state index contributed by atoms with van der Waals surface area (Å²) in [6.45, 7) is 3.98. The van der Waals surface area contributed by atoms with Crippen LogP contribution >= 0.6 is 23.1 Å². The highest BCUT2D eigenvalue weighted by atomic mass is 32.2. The Bertz CT molecular complexity index is 520. The molecule has 2 heterocycles. The molecule has 0 radical (unpaired) electrons. The van der Waals surface area contributed by atoms with Crippen molar-refractivity contribution in [1.82, 2.24) is 15.1 Å². The minimum Gasteiger partial charge on any atom is -0.360 e. The number of hydrogen-bond donors (Lipinski definition) is 1. The molecule has 0 spiro atoms. The molecule has 128 valence electrons. The van der Waals surface area contributed by atoms with Crippen molar-refractivity contribution in [3.05, 3.63) is 0 Å². The molecule has 2 atom stereocenters. The van der Waals surface area contributed by atoms with Crippen LogP contribution in [-0.2, 0) is 4.79 Å². The molecular formula is C16H26N4OS2. The van der Waals surface area contributed by atoms with Crippen LogP contribution in [0, 0.1) is 5.92 Å². The number of carbonyl (C=O) groups excluding carboxylic acids is 1. The first-order chi connectivity index (χ1) is 11.3. The van der Waals surface area contributed by atoms with Gasteiger partial charge in [0.2, 0.25) is 11.0 Å². The fourth-order valence-electron chi connectivity index (χ4n) is 3.71. The summed E-state index contributed by atoms with van der Waals surface area (Å²) in [4.78, 5) is 14.8. The highest BCUT2D eigenvalue weighted by molar-refractivity contribution is 8.01. The quantitative estimate of drug-likeness (QED) is 0.791. The van der Waals surface area contributed by atoms with E-state index >= 15 is 0 Å². The maximum Gasteiger partial charge on any atom is 0.233 e. The number of amides is 1. The molecule has 5 nitrogen and oxygen atoms in total. The molecule has 2 fully saturated rings. The van der Waals surface area contributed by atoms with E-state index < -0.39 is 0 Å². The van der Waals surface area contributed by atoms with Gasteiger partial charge < -0.3 is 10.2 Å². The molecule has 1 saturated heterocycles. The predicted octanol–water partition coefficient (Wildman–Crippen LogP) is 3.63. The average molecular weight is 355 g/mol. The highest BCUT2D eigenvalue weighted by Crippen LogP contribution is 2.36. The second-order valence-corrected chi connectivity index (χ2v) is 8.63. The minimum absolute atomic E-state index is 0.282. The van der Waals surface area contributed by atoms with E-state index in [-0.39, 0.29) is 5.91 Å². The molecule has 23 heavy (non-hydrogen) atoms. The zero-order valence-electron chi connectivity index (χ0n) is 13.8. The summed E-state index contributed by atoms with van der Waals surface area (Å²) in [5.74, 6) is 1.52. The van der Waals surface area contributed by atoms with E-state index in [1.807, 2.05) is 0 Å². The third-order valence-corrected chi connectivity index (χ3v) is 6.81. The van der Waals surface area contributed by atoms with E-state index in [0.717, 1.165) is 34.9 Å². The van der Waals surface area contributed by atoms with Gasteiger partial charge >= 0.3 is 0 Å². The number of fused-ring (bicyclic) bond motifs is 1. The molecule has 1 N–H and O–H groups in total.